The lowest BCUT2D eigenvalue weighted by Gasteiger charge is -2.47. The van der Waals surface area contributed by atoms with Crippen molar-refractivity contribution in [2.45, 2.75) is 38.5 Å². The molecule has 5 heteroatoms. The minimum absolute atomic E-state index is 0.0720. The van der Waals surface area contributed by atoms with Crippen molar-refractivity contribution in [1.29, 1.82) is 0 Å². The van der Waals surface area contributed by atoms with Gasteiger partial charge in [-0.05, 0) is 71.6 Å². The van der Waals surface area contributed by atoms with Crippen molar-refractivity contribution in [3.8, 4) is 0 Å². The Hall–Kier alpha value is -1.72. The Morgan fingerprint density at radius 1 is 1.03 bits per heavy atom. The summed E-state index contributed by atoms with van der Waals surface area (Å²) in [4.78, 5) is 5.04. The van der Waals surface area contributed by atoms with E-state index in [1.54, 1.807) is 17.4 Å². The van der Waals surface area contributed by atoms with Crippen LogP contribution in [0.4, 0.5) is 4.39 Å². The highest BCUT2D eigenvalue weighted by Crippen LogP contribution is 2.34. The lowest BCUT2D eigenvalue weighted by molar-refractivity contribution is 0.0196. The van der Waals surface area contributed by atoms with Gasteiger partial charge in [0, 0.05) is 36.7 Å². The molecule has 1 aromatic heterocycles. The molecular weight excluding hydrogens is 403 g/mol. The highest BCUT2D eigenvalue weighted by molar-refractivity contribution is 7.08. The smallest absolute Gasteiger partial charge is 0.123 e. The lowest BCUT2D eigenvalue weighted by Crippen LogP contribution is -2.56. The van der Waals surface area contributed by atoms with E-state index >= 15 is 0 Å². The Morgan fingerprint density at radius 2 is 1.86 bits per heavy atom. The molecule has 0 amide bonds. The quantitative estimate of drug-likeness (QED) is 0.475. The fraction of sp³-hybridized carbons (Fsp3) is 0.333. The van der Waals surface area contributed by atoms with Gasteiger partial charge in [0.25, 0.3) is 0 Å². The highest BCUT2D eigenvalue weighted by Gasteiger charge is 2.35. The molecule has 2 aromatic carbocycles. The standard InChI is InChI=1S/C24H26ClFN2S/c1-17-14-28(18(2)13-27(17)15-19-5-3-7-22(25)11-19)24(21-9-10-29-16-21)20-6-4-8-23(26)12-20/h3-12,16-18,24H,13-15H2,1-2H3/t17-,18+,24+/m1/s1. The van der Waals surface area contributed by atoms with Crippen molar-refractivity contribution >= 4 is 22.9 Å². The van der Waals surface area contributed by atoms with Crippen molar-refractivity contribution in [1.82, 2.24) is 9.80 Å². The normalized spacial score (nSPS) is 21.9. The van der Waals surface area contributed by atoms with Crippen LogP contribution in [0.5, 0.6) is 0 Å². The second-order valence-corrected chi connectivity index (χ2v) is 9.18. The number of thiophene rings is 1. The van der Waals surface area contributed by atoms with Gasteiger partial charge in [-0.15, -0.1) is 0 Å². The second-order valence-electron chi connectivity index (χ2n) is 7.97. The van der Waals surface area contributed by atoms with Gasteiger partial charge in [0.05, 0.1) is 6.04 Å². The minimum atomic E-state index is -0.178. The van der Waals surface area contributed by atoms with E-state index in [4.69, 9.17) is 11.6 Å². The summed E-state index contributed by atoms with van der Waals surface area (Å²) in [6.45, 7) is 7.33. The molecule has 0 saturated carbocycles. The molecule has 2 heterocycles. The van der Waals surface area contributed by atoms with Crippen molar-refractivity contribution < 1.29 is 4.39 Å². The number of piperazine rings is 1. The van der Waals surface area contributed by atoms with Crippen molar-refractivity contribution in [2.24, 2.45) is 0 Å². The molecule has 0 N–H and O–H groups in total. The van der Waals surface area contributed by atoms with Gasteiger partial charge in [0.1, 0.15) is 5.82 Å². The average Bonchev–Trinajstić information content (AvgIpc) is 3.20. The van der Waals surface area contributed by atoms with E-state index in [0.29, 0.717) is 12.1 Å². The summed E-state index contributed by atoms with van der Waals surface area (Å²) < 4.78 is 14.0. The molecular formula is C24H26ClFN2S. The van der Waals surface area contributed by atoms with E-state index < -0.39 is 0 Å². The Kier molecular flexibility index (Phi) is 6.35. The number of hydrogen-bond donors (Lipinski definition) is 0. The van der Waals surface area contributed by atoms with Crippen molar-refractivity contribution in [3.63, 3.8) is 0 Å². The van der Waals surface area contributed by atoms with Gasteiger partial charge in [-0.25, -0.2) is 4.39 Å². The van der Waals surface area contributed by atoms with E-state index in [0.717, 1.165) is 30.2 Å². The Bertz CT molecular complexity index is 946. The zero-order chi connectivity index (χ0) is 20.4. The molecule has 1 saturated heterocycles. The SMILES string of the molecule is C[C@@H]1CN([C@H](c2ccsc2)c2cccc(F)c2)[C@@H](C)CN1Cc1cccc(Cl)c1. The maximum absolute atomic E-state index is 14.0. The fourth-order valence-electron chi connectivity index (χ4n) is 4.36. The van der Waals surface area contributed by atoms with Gasteiger partial charge in [-0.3, -0.25) is 9.80 Å². The Labute approximate surface area is 181 Å². The molecule has 0 unspecified atom stereocenters. The summed E-state index contributed by atoms with van der Waals surface area (Å²) in [5, 5.41) is 5.07. The van der Waals surface area contributed by atoms with Crippen LogP contribution in [0.15, 0.2) is 65.4 Å². The van der Waals surface area contributed by atoms with Crippen LogP contribution < -0.4 is 0 Å². The Balaban J connectivity index is 1.57. The molecule has 0 spiro atoms. The van der Waals surface area contributed by atoms with Crippen LogP contribution in [0.3, 0.4) is 0 Å². The van der Waals surface area contributed by atoms with Crippen LogP contribution in [0.25, 0.3) is 0 Å². The van der Waals surface area contributed by atoms with E-state index in [1.165, 1.54) is 17.2 Å². The largest absolute Gasteiger partial charge is 0.294 e. The zero-order valence-corrected chi connectivity index (χ0v) is 18.3. The monoisotopic (exact) mass is 428 g/mol. The van der Waals surface area contributed by atoms with Crippen molar-refractivity contribution in [2.75, 3.05) is 13.1 Å². The molecule has 152 valence electrons. The van der Waals surface area contributed by atoms with E-state index in [2.05, 4.69) is 46.5 Å². The maximum Gasteiger partial charge on any atom is 0.123 e. The molecule has 3 atom stereocenters. The van der Waals surface area contributed by atoms with Crippen LogP contribution in [-0.2, 0) is 6.54 Å². The predicted molar refractivity (Wildman–Crippen MR) is 120 cm³/mol. The summed E-state index contributed by atoms with van der Waals surface area (Å²) in [5.41, 5.74) is 3.50. The minimum Gasteiger partial charge on any atom is -0.294 e. The third kappa shape index (κ3) is 4.72. The fourth-order valence-corrected chi connectivity index (χ4v) is 5.25. The van der Waals surface area contributed by atoms with Gasteiger partial charge >= 0.3 is 0 Å². The van der Waals surface area contributed by atoms with Gasteiger partial charge < -0.3 is 0 Å². The number of rotatable bonds is 5. The van der Waals surface area contributed by atoms with E-state index in [-0.39, 0.29) is 11.9 Å². The number of halogens is 2. The lowest BCUT2D eigenvalue weighted by atomic mass is 9.95. The van der Waals surface area contributed by atoms with E-state index in [1.807, 2.05) is 30.3 Å². The van der Waals surface area contributed by atoms with Crippen LogP contribution in [0.2, 0.25) is 5.02 Å². The first-order chi connectivity index (χ1) is 14.0. The molecule has 0 bridgehead atoms. The van der Waals surface area contributed by atoms with Crippen LogP contribution >= 0.6 is 22.9 Å². The number of nitrogens with zero attached hydrogens (tertiary/aromatic N) is 2. The van der Waals surface area contributed by atoms with E-state index in [9.17, 15) is 4.39 Å². The van der Waals surface area contributed by atoms with Gasteiger partial charge in [0.15, 0.2) is 0 Å². The van der Waals surface area contributed by atoms with Gasteiger partial charge in [-0.1, -0.05) is 35.9 Å². The summed E-state index contributed by atoms with van der Waals surface area (Å²) in [5.74, 6) is -0.178. The van der Waals surface area contributed by atoms with Gasteiger partial charge in [-0.2, -0.15) is 11.3 Å². The van der Waals surface area contributed by atoms with Crippen LogP contribution in [0.1, 0.15) is 36.6 Å². The first kappa shape index (κ1) is 20.5. The third-order valence-electron chi connectivity index (χ3n) is 5.79. The van der Waals surface area contributed by atoms with Crippen LogP contribution in [0, 0.1) is 5.82 Å². The molecule has 1 fully saturated rings. The molecule has 0 aliphatic carbocycles. The molecule has 0 radical (unpaired) electrons. The number of hydrogen-bond acceptors (Lipinski definition) is 3. The zero-order valence-electron chi connectivity index (χ0n) is 16.8. The summed E-state index contributed by atoms with van der Waals surface area (Å²) in [6.07, 6.45) is 0. The topological polar surface area (TPSA) is 6.48 Å². The predicted octanol–water partition coefficient (Wildman–Crippen LogP) is 6.22. The summed E-state index contributed by atoms with van der Waals surface area (Å²) in [6, 6.07) is 18.1. The summed E-state index contributed by atoms with van der Waals surface area (Å²) in [7, 11) is 0. The summed E-state index contributed by atoms with van der Waals surface area (Å²) >= 11 is 7.87. The number of benzene rings is 2. The first-order valence-electron chi connectivity index (χ1n) is 10.0. The molecule has 3 aromatic rings. The molecule has 2 nitrogen and oxygen atoms in total. The highest BCUT2D eigenvalue weighted by atomic mass is 35.5. The van der Waals surface area contributed by atoms with Crippen LogP contribution in [-0.4, -0.2) is 35.0 Å². The molecule has 1 aliphatic heterocycles. The second kappa shape index (κ2) is 8.97. The average molecular weight is 429 g/mol. The van der Waals surface area contributed by atoms with Crippen molar-refractivity contribution in [3.05, 3.63) is 92.9 Å². The maximum atomic E-state index is 14.0. The Morgan fingerprint density at radius 3 is 2.59 bits per heavy atom. The first-order valence-corrected chi connectivity index (χ1v) is 11.3. The molecule has 29 heavy (non-hydrogen) atoms. The molecule has 4 rings (SSSR count). The molecule has 1 aliphatic rings. The third-order valence-corrected chi connectivity index (χ3v) is 6.73. The van der Waals surface area contributed by atoms with Gasteiger partial charge in [0.2, 0.25) is 0 Å².